The highest BCUT2D eigenvalue weighted by atomic mass is 16.1. The van der Waals surface area contributed by atoms with Crippen LogP contribution in [0.5, 0.6) is 0 Å². The Hall–Kier alpha value is -2.29. The van der Waals surface area contributed by atoms with Crippen LogP contribution in [0.2, 0.25) is 0 Å². The standard InChI is InChI=1S/C21H28N2O/c1-5-9-16-13-19(15(4)18(10-6-2)20(16)22)23-21(24)17-12-8-7-11-14(17)3/h7-8,11-13H,5-6,9-10,22H2,1-4H3,(H,23,24). The third-order valence-corrected chi connectivity index (χ3v) is 4.50. The molecule has 0 bridgehead atoms. The van der Waals surface area contributed by atoms with Crippen LogP contribution in [0.4, 0.5) is 11.4 Å². The fourth-order valence-electron chi connectivity index (χ4n) is 3.11. The van der Waals surface area contributed by atoms with Crippen molar-refractivity contribution >= 4 is 17.3 Å². The molecule has 3 heteroatoms. The molecule has 0 unspecified atom stereocenters. The number of carbonyl (C=O) groups is 1. The number of hydrogen-bond acceptors (Lipinski definition) is 2. The molecule has 1 amide bonds. The molecule has 0 fully saturated rings. The van der Waals surface area contributed by atoms with Crippen LogP contribution in [0.15, 0.2) is 30.3 Å². The zero-order valence-corrected chi connectivity index (χ0v) is 15.2. The average molecular weight is 324 g/mol. The maximum Gasteiger partial charge on any atom is 0.255 e. The maximum atomic E-state index is 12.7. The molecule has 0 radical (unpaired) electrons. The second-order valence-corrected chi connectivity index (χ2v) is 6.37. The van der Waals surface area contributed by atoms with Gasteiger partial charge in [0.25, 0.3) is 5.91 Å². The Bertz CT molecular complexity index is 735. The average Bonchev–Trinajstić information content (AvgIpc) is 2.56. The van der Waals surface area contributed by atoms with Gasteiger partial charge >= 0.3 is 0 Å². The molecule has 24 heavy (non-hydrogen) atoms. The summed E-state index contributed by atoms with van der Waals surface area (Å²) in [5, 5.41) is 3.10. The SMILES string of the molecule is CCCc1cc(NC(=O)c2ccccc2C)c(C)c(CCC)c1N. The van der Waals surface area contributed by atoms with Gasteiger partial charge in [0.05, 0.1) is 0 Å². The molecule has 0 saturated carbocycles. The normalized spacial score (nSPS) is 10.7. The van der Waals surface area contributed by atoms with Gasteiger partial charge in [-0.1, -0.05) is 44.9 Å². The molecule has 0 heterocycles. The van der Waals surface area contributed by atoms with Crippen molar-refractivity contribution < 1.29 is 4.79 Å². The van der Waals surface area contributed by atoms with E-state index in [2.05, 4.69) is 19.2 Å². The summed E-state index contributed by atoms with van der Waals surface area (Å²) in [6.45, 7) is 8.29. The van der Waals surface area contributed by atoms with Crippen LogP contribution < -0.4 is 11.1 Å². The predicted octanol–water partition coefficient (Wildman–Crippen LogP) is 5.04. The fraction of sp³-hybridized carbons (Fsp3) is 0.381. The Balaban J connectivity index is 2.42. The van der Waals surface area contributed by atoms with Crippen molar-refractivity contribution in [3.63, 3.8) is 0 Å². The van der Waals surface area contributed by atoms with Gasteiger partial charge in [-0.3, -0.25) is 4.79 Å². The number of nitrogens with one attached hydrogen (secondary N) is 1. The van der Waals surface area contributed by atoms with Gasteiger partial charge in [-0.2, -0.15) is 0 Å². The van der Waals surface area contributed by atoms with Crippen LogP contribution in [0, 0.1) is 13.8 Å². The molecule has 0 aliphatic heterocycles. The zero-order chi connectivity index (χ0) is 17.7. The molecule has 0 saturated heterocycles. The van der Waals surface area contributed by atoms with E-state index in [9.17, 15) is 4.79 Å². The number of aryl methyl sites for hydroxylation is 2. The first-order valence-electron chi connectivity index (χ1n) is 8.77. The second-order valence-electron chi connectivity index (χ2n) is 6.37. The van der Waals surface area contributed by atoms with E-state index in [1.165, 1.54) is 5.56 Å². The zero-order valence-electron chi connectivity index (χ0n) is 15.2. The van der Waals surface area contributed by atoms with Crippen LogP contribution in [0.25, 0.3) is 0 Å². The first-order chi connectivity index (χ1) is 11.5. The van der Waals surface area contributed by atoms with E-state index in [-0.39, 0.29) is 5.91 Å². The van der Waals surface area contributed by atoms with Gasteiger partial charge in [-0.05, 0) is 61.1 Å². The van der Waals surface area contributed by atoms with Crippen molar-refractivity contribution in [2.75, 3.05) is 11.1 Å². The van der Waals surface area contributed by atoms with Gasteiger partial charge < -0.3 is 11.1 Å². The summed E-state index contributed by atoms with van der Waals surface area (Å²) in [5.41, 5.74) is 13.2. The molecular formula is C21H28N2O. The molecule has 0 aromatic heterocycles. The molecule has 2 aromatic rings. The largest absolute Gasteiger partial charge is 0.398 e. The highest BCUT2D eigenvalue weighted by molar-refractivity contribution is 6.05. The number of nitrogens with two attached hydrogens (primary N) is 1. The molecule has 0 aliphatic carbocycles. The minimum atomic E-state index is -0.0640. The van der Waals surface area contributed by atoms with Crippen LogP contribution in [0.1, 0.15) is 59.3 Å². The van der Waals surface area contributed by atoms with Crippen molar-refractivity contribution in [2.45, 2.75) is 53.4 Å². The van der Waals surface area contributed by atoms with Gasteiger partial charge in [0.15, 0.2) is 0 Å². The van der Waals surface area contributed by atoms with E-state index in [1.807, 2.05) is 44.2 Å². The van der Waals surface area contributed by atoms with Crippen molar-refractivity contribution in [3.8, 4) is 0 Å². The van der Waals surface area contributed by atoms with E-state index in [0.29, 0.717) is 5.56 Å². The van der Waals surface area contributed by atoms with Crippen LogP contribution in [0.3, 0.4) is 0 Å². The van der Waals surface area contributed by atoms with E-state index in [0.717, 1.165) is 53.7 Å². The highest BCUT2D eigenvalue weighted by Crippen LogP contribution is 2.31. The highest BCUT2D eigenvalue weighted by Gasteiger charge is 2.15. The second kappa shape index (κ2) is 8.00. The number of rotatable bonds is 6. The van der Waals surface area contributed by atoms with Crippen molar-refractivity contribution in [1.29, 1.82) is 0 Å². The number of nitrogen functional groups attached to an aromatic ring is 1. The Morgan fingerprint density at radius 1 is 1.08 bits per heavy atom. The topological polar surface area (TPSA) is 55.1 Å². The number of anilines is 2. The third-order valence-electron chi connectivity index (χ3n) is 4.50. The Morgan fingerprint density at radius 3 is 2.38 bits per heavy atom. The summed E-state index contributed by atoms with van der Waals surface area (Å²) < 4.78 is 0. The van der Waals surface area contributed by atoms with Crippen molar-refractivity contribution in [3.05, 3.63) is 58.1 Å². The van der Waals surface area contributed by atoms with Crippen LogP contribution >= 0.6 is 0 Å². The van der Waals surface area contributed by atoms with Gasteiger partial charge in [0.1, 0.15) is 0 Å². The monoisotopic (exact) mass is 324 g/mol. The smallest absolute Gasteiger partial charge is 0.255 e. The lowest BCUT2D eigenvalue weighted by Gasteiger charge is -2.19. The number of benzene rings is 2. The Morgan fingerprint density at radius 2 is 1.75 bits per heavy atom. The lowest BCUT2D eigenvalue weighted by molar-refractivity contribution is 0.102. The third kappa shape index (κ3) is 3.78. The predicted molar refractivity (Wildman–Crippen MR) is 103 cm³/mol. The maximum absolute atomic E-state index is 12.7. The number of hydrogen-bond donors (Lipinski definition) is 2. The Kier molecular flexibility index (Phi) is 6.02. The first kappa shape index (κ1) is 18.1. The van der Waals surface area contributed by atoms with Gasteiger partial charge in [0.2, 0.25) is 0 Å². The van der Waals surface area contributed by atoms with E-state index in [4.69, 9.17) is 5.73 Å². The first-order valence-corrected chi connectivity index (χ1v) is 8.77. The molecule has 0 aliphatic rings. The lowest BCUT2D eigenvalue weighted by Crippen LogP contribution is -2.16. The molecule has 2 aromatic carbocycles. The number of amides is 1. The minimum absolute atomic E-state index is 0.0640. The van der Waals surface area contributed by atoms with E-state index in [1.54, 1.807) is 0 Å². The number of carbonyl (C=O) groups excluding carboxylic acids is 1. The summed E-state index contributed by atoms with van der Waals surface area (Å²) in [4.78, 5) is 12.7. The van der Waals surface area contributed by atoms with Crippen LogP contribution in [-0.4, -0.2) is 5.91 Å². The van der Waals surface area contributed by atoms with Crippen molar-refractivity contribution in [1.82, 2.24) is 0 Å². The molecule has 2 rings (SSSR count). The summed E-state index contributed by atoms with van der Waals surface area (Å²) in [6, 6.07) is 9.69. The van der Waals surface area contributed by atoms with Gasteiger partial charge in [-0.15, -0.1) is 0 Å². The fourth-order valence-corrected chi connectivity index (χ4v) is 3.11. The lowest BCUT2D eigenvalue weighted by atomic mass is 9.94. The van der Waals surface area contributed by atoms with Gasteiger partial charge in [0, 0.05) is 16.9 Å². The quantitative estimate of drug-likeness (QED) is 0.731. The summed E-state index contributed by atoms with van der Waals surface area (Å²) in [7, 11) is 0. The minimum Gasteiger partial charge on any atom is -0.398 e. The molecular weight excluding hydrogens is 296 g/mol. The molecule has 0 spiro atoms. The van der Waals surface area contributed by atoms with E-state index < -0.39 is 0 Å². The molecule has 3 N–H and O–H groups in total. The van der Waals surface area contributed by atoms with Gasteiger partial charge in [-0.25, -0.2) is 0 Å². The summed E-state index contributed by atoms with van der Waals surface area (Å²) in [5.74, 6) is -0.0640. The molecule has 3 nitrogen and oxygen atoms in total. The van der Waals surface area contributed by atoms with E-state index >= 15 is 0 Å². The van der Waals surface area contributed by atoms with Crippen LogP contribution in [-0.2, 0) is 12.8 Å². The summed E-state index contributed by atoms with van der Waals surface area (Å²) in [6.07, 6.45) is 3.92. The summed E-state index contributed by atoms with van der Waals surface area (Å²) >= 11 is 0. The molecule has 0 atom stereocenters. The van der Waals surface area contributed by atoms with Crippen molar-refractivity contribution in [2.24, 2.45) is 0 Å². The Labute approximate surface area is 145 Å². The molecule has 128 valence electrons.